The van der Waals surface area contributed by atoms with Gasteiger partial charge in [0.25, 0.3) is 11.7 Å². The van der Waals surface area contributed by atoms with Crippen LogP contribution in [0.15, 0.2) is 18.2 Å². The molecule has 0 N–H and O–H groups in total. The van der Waals surface area contributed by atoms with Crippen LogP contribution in [-0.2, 0) is 4.79 Å². The molecule has 17 heavy (non-hydrogen) atoms. The van der Waals surface area contributed by atoms with Gasteiger partial charge >= 0.3 is 0 Å². The molecule has 1 amide bonds. The van der Waals surface area contributed by atoms with Crippen molar-refractivity contribution in [2.45, 2.75) is 13.8 Å². The number of rotatable bonds is 3. The number of ketones is 1. The number of anilines is 2. The van der Waals surface area contributed by atoms with Crippen molar-refractivity contribution in [1.82, 2.24) is 0 Å². The van der Waals surface area contributed by atoms with Crippen LogP contribution in [0.25, 0.3) is 0 Å². The van der Waals surface area contributed by atoms with Gasteiger partial charge in [-0.3, -0.25) is 9.59 Å². The molecule has 0 bridgehead atoms. The molecule has 4 nitrogen and oxygen atoms in total. The summed E-state index contributed by atoms with van der Waals surface area (Å²) in [5.41, 5.74) is 2.26. The van der Waals surface area contributed by atoms with Crippen molar-refractivity contribution in [2.24, 2.45) is 0 Å². The molecular formula is C13H16N2O2. The van der Waals surface area contributed by atoms with Crippen LogP contribution in [-0.4, -0.2) is 31.8 Å². The molecule has 1 aromatic rings. The topological polar surface area (TPSA) is 40.6 Å². The van der Waals surface area contributed by atoms with Gasteiger partial charge < -0.3 is 9.80 Å². The van der Waals surface area contributed by atoms with Gasteiger partial charge in [-0.1, -0.05) is 0 Å². The molecule has 4 heteroatoms. The van der Waals surface area contributed by atoms with Crippen LogP contribution in [0.1, 0.15) is 24.2 Å². The maximum atomic E-state index is 11.6. The molecule has 1 aromatic carbocycles. The predicted octanol–water partition coefficient (Wildman–Crippen LogP) is 1.69. The van der Waals surface area contributed by atoms with Gasteiger partial charge in [-0.15, -0.1) is 0 Å². The zero-order valence-corrected chi connectivity index (χ0v) is 10.4. The van der Waals surface area contributed by atoms with Gasteiger partial charge in [0.15, 0.2) is 0 Å². The zero-order valence-electron chi connectivity index (χ0n) is 10.4. The Morgan fingerprint density at radius 2 is 1.82 bits per heavy atom. The smallest absolute Gasteiger partial charge is 0.299 e. The van der Waals surface area contributed by atoms with Crippen LogP contribution >= 0.6 is 0 Å². The maximum Gasteiger partial charge on any atom is 0.299 e. The molecule has 0 atom stereocenters. The van der Waals surface area contributed by atoms with Gasteiger partial charge in [-0.2, -0.15) is 0 Å². The summed E-state index contributed by atoms with van der Waals surface area (Å²) in [4.78, 5) is 26.8. The maximum absolute atomic E-state index is 11.6. The molecule has 1 aliphatic rings. The molecular weight excluding hydrogens is 216 g/mol. The molecule has 1 aliphatic heterocycles. The van der Waals surface area contributed by atoms with Gasteiger partial charge in [0.2, 0.25) is 0 Å². The minimum atomic E-state index is -0.448. The van der Waals surface area contributed by atoms with E-state index in [0.717, 1.165) is 18.8 Å². The van der Waals surface area contributed by atoms with E-state index in [2.05, 4.69) is 18.7 Å². The molecule has 0 fully saturated rings. The van der Waals surface area contributed by atoms with E-state index < -0.39 is 11.7 Å². The first-order valence-electron chi connectivity index (χ1n) is 5.81. The number of carbonyl (C=O) groups excluding carboxylic acids is 2. The van der Waals surface area contributed by atoms with Gasteiger partial charge in [0.1, 0.15) is 0 Å². The summed E-state index contributed by atoms with van der Waals surface area (Å²) in [6.07, 6.45) is 0. The van der Waals surface area contributed by atoms with E-state index >= 15 is 0 Å². The number of hydrogen-bond acceptors (Lipinski definition) is 3. The van der Waals surface area contributed by atoms with E-state index in [9.17, 15) is 9.59 Å². The summed E-state index contributed by atoms with van der Waals surface area (Å²) < 4.78 is 0. The second-order valence-corrected chi connectivity index (χ2v) is 4.07. The highest BCUT2D eigenvalue weighted by Gasteiger charge is 2.33. The number of likely N-dealkylation sites (N-methyl/N-ethyl adjacent to an activating group) is 1. The average molecular weight is 232 g/mol. The Balaban J connectivity index is 2.46. The predicted molar refractivity (Wildman–Crippen MR) is 67.7 cm³/mol. The zero-order chi connectivity index (χ0) is 12.6. The number of benzene rings is 1. The molecule has 0 aliphatic carbocycles. The van der Waals surface area contributed by atoms with Crippen LogP contribution in [0.5, 0.6) is 0 Å². The first-order valence-corrected chi connectivity index (χ1v) is 5.81. The van der Waals surface area contributed by atoms with Crippen molar-refractivity contribution < 1.29 is 9.59 Å². The summed E-state index contributed by atoms with van der Waals surface area (Å²) in [5, 5.41) is 0. The molecule has 0 saturated heterocycles. The second kappa shape index (κ2) is 4.20. The highest BCUT2D eigenvalue weighted by atomic mass is 16.2. The van der Waals surface area contributed by atoms with Gasteiger partial charge in [0.05, 0.1) is 11.3 Å². The van der Waals surface area contributed by atoms with Gasteiger partial charge in [0, 0.05) is 25.8 Å². The average Bonchev–Trinajstić information content (AvgIpc) is 2.56. The SMILES string of the molecule is CCN(CC)c1ccc2c(c1)N(C)C(=O)C2=O. The van der Waals surface area contributed by atoms with Crippen LogP contribution in [0.2, 0.25) is 0 Å². The third-order valence-electron chi connectivity index (χ3n) is 3.21. The summed E-state index contributed by atoms with van der Waals surface area (Å²) >= 11 is 0. The number of carbonyl (C=O) groups is 2. The normalized spacial score (nSPS) is 14.2. The van der Waals surface area contributed by atoms with E-state index in [-0.39, 0.29) is 0 Å². The van der Waals surface area contributed by atoms with Crippen molar-refractivity contribution in [3.8, 4) is 0 Å². The van der Waals surface area contributed by atoms with Gasteiger partial charge in [-0.05, 0) is 32.0 Å². The van der Waals surface area contributed by atoms with E-state index in [1.54, 1.807) is 13.1 Å². The molecule has 0 aromatic heterocycles. The standard InChI is InChI=1S/C13H16N2O2/c1-4-15(5-2)9-6-7-10-11(8-9)14(3)13(17)12(10)16/h6-8H,4-5H2,1-3H3. The fourth-order valence-electron chi connectivity index (χ4n) is 2.15. The van der Waals surface area contributed by atoms with E-state index in [1.807, 2.05) is 12.1 Å². The van der Waals surface area contributed by atoms with Crippen molar-refractivity contribution in [2.75, 3.05) is 29.9 Å². The van der Waals surface area contributed by atoms with Crippen molar-refractivity contribution in [1.29, 1.82) is 0 Å². The quantitative estimate of drug-likeness (QED) is 0.745. The largest absolute Gasteiger partial charge is 0.372 e. The fraction of sp³-hybridized carbons (Fsp3) is 0.385. The molecule has 1 heterocycles. The number of fused-ring (bicyclic) bond motifs is 1. The Kier molecular flexibility index (Phi) is 2.88. The highest BCUT2D eigenvalue weighted by Crippen LogP contribution is 2.31. The number of amides is 1. The second-order valence-electron chi connectivity index (χ2n) is 4.07. The number of hydrogen-bond donors (Lipinski definition) is 0. The third-order valence-corrected chi connectivity index (χ3v) is 3.21. The lowest BCUT2D eigenvalue weighted by atomic mass is 10.1. The van der Waals surface area contributed by atoms with Crippen LogP contribution in [0, 0.1) is 0 Å². The van der Waals surface area contributed by atoms with E-state index in [1.165, 1.54) is 4.90 Å². The summed E-state index contributed by atoms with van der Waals surface area (Å²) in [6.45, 7) is 5.97. The first-order chi connectivity index (χ1) is 8.10. The Bertz CT molecular complexity index is 478. The van der Waals surface area contributed by atoms with E-state index in [4.69, 9.17) is 0 Å². The van der Waals surface area contributed by atoms with Crippen LogP contribution in [0.4, 0.5) is 11.4 Å². The Morgan fingerprint density at radius 3 is 2.41 bits per heavy atom. The van der Waals surface area contributed by atoms with Crippen molar-refractivity contribution in [3.05, 3.63) is 23.8 Å². The number of Topliss-reactive ketones (excluding diaryl/α,β-unsaturated/α-hetero) is 1. The molecule has 2 rings (SSSR count). The summed E-state index contributed by atoms with van der Waals surface area (Å²) in [6, 6.07) is 5.55. The minimum Gasteiger partial charge on any atom is -0.372 e. The first kappa shape index (κ1) is 11.6. The molecule has 0 radical (unpaired) electrons. The Labute approximate surface area is 101 Å². The van der Waals surface area contributed by atoms with Crippen LogP contribution in [0.3, 0.4) is 0 Å². The lowest BCUT2D eigenvalue weighted by molar-refractivity contribution is -0.114. The Morgan fingerprint density at radius 1 is 1.18 bits per heavy atom. The van der Waals surface area contributed by atoms with Crippen LogP contribution < -0.4 is 9.80 Å². The molecule has 0 saturated carbocycles. The third kappa shape index (κ3) is 1.69. The van der Waals surface area contributed by atoms with Gasteiger partial charge in [-0.25, -0.2) is 0 Å². The molecule has 0 spiro atoms. The molecule has 0 unspecified atom stereocenters. The van der Waals surface area contributed by atoms with Crippen molar-refractivity contribution >= 4 is 23.1 Å². The Hall–Kier alpha value is -1.84. The van der Waals surface area contributed by atoms with E-state index in [0.29, 0.717) is 11.3 Å². The van der Waals surface area contributed by atoms with Crippen molar-refractivity contribution in [3.63, 3.8) is 0 Å². The minimum absolute atomic E-state index is 0.409. The highest BCUT2D eigenvalue weighted by molar-refractivity contribution is 6.52. The monoisotopic (exact) mass is 232 g/mol. The fourth-order valence-corrected chi connectivity index (χ4v) is 2.15. The summed E-state index contributed by atoms with van der Waals surface area (Å²) in [7, 11) is 1.64. The molecule has 90 valence electrons. The summed E-state index contributed by atoms with van der Waals surface area (Å²) in [5.74, 6) is -0.856. The lowest BCUT2D eigenvalue weighted by Gasteiger charge is -2.22. The number of nitrogens with zero attached hydrogens (tertiary/aromatic N) is 2. The lowest BCUT2D eigenvalue weighted by Crippen LogP contribution is -2.25.